The predicted molar refractivity (Wildman–Crippen MR) is 53.8 cm³/mol. The van der Waals surface area contributed by atoms with Crippen molar-refractivity contribution in [2.45, 2.75) is 26.4 Å². The number of aromatic nitrogens is 1. The van der Waals surface area contributed by atoms with Gasteiger partial charge in [0.05, 0.1) is 5.56 Å². The molecule has 0 aliphatic rings. The Morgan fingerprint density at radius 2 is 2.13 bits per heavy atom. The van der Waals surface area contributed by atoms with Gasteiger partial charge in [0.1, 0.15) is 11.3 Å². The fraction of sp³-hybridized carbons (Fsp3) is 0.400. The minimum atomic E-state index is -0.863. The predicted octanol–water partition coefficient (Wildman–Crippen LogP) is 1.76. The van der Waals surface area contributed by atoms with Crippen molar-refractivity contribution in [2.75, 3.05) is 5.73 Å². The summed E-state index contributed by atoms with van der Waals surface area (Å²) in [5.74, 6) is -1.51. The number of nitrogen functional groups attached to an aromatic ring is 1. The van der Waals surface area contributed by atoms with E-state index < -0.39 is 17.5 Å². The molecule has 82 valence electrons. The van der Waals surface area contributed by atoms with Crippen LogP contribution in [0.3, 0.4) is 0 Å². The summed E-state index contributed by atoms with van der Waals surface area (Å²) in [6.07, 6.45) is 1.17. The quantitative estimate of drug-likeness (QED) is 0.569. The molecule has 0 aliphatic heterocycles. The van der Waals surface area contributed by atoms with Crippen LogP contribution in [0.2, 0.25) is 0 Å². The second-order valence-electron chi connectivity index (χ2n) is 4.06. The smallest absolute Gasteiger partial charge is 0.340 e. The topological polar surface area (TPSA) is 65.2 Å². The number of carbonyl (C=O) groups excluding carboxylic acids is 1. The van der Waals surface area contributed by atoms with Crippen LogP contribution in [-0.2, 0) is 4.74 Å². The highest BCUT2D eigenvalue weighted by Crippen LogP contribution is 2.18. The first kappa shape index (κ1) is 11.4. The van der Waals surface area contributed by atoms with Crippen molar-refractivity contribution in [1.82, 2.24) is 4.98 Å². The Kier molecular flexibility index (Phi) is 2.93. The van der Waals surface area contributed by atoms with Gasteiger partial charge in [-0.25, -0.2) is 9.78 Å². The molecular weight excluding hydrogens is 199 g/mol. The van der Waals surface area contributed by atoms with E-state index in [0.717, 1.165) is 0 Å². The molecule has 0 saturated heterocycles. The zero-order chi connectivity index (χ0) is 11.6. The van der Waals surface area contributed by atoms with Crippen LogP contribution in [0.5, 0.6) is 0 Å². The van der Waals surface area contributed by atoms with Gasteiger partial charge < -0.3 is 10.5 Å². The normalized spacial score (nSPS) is 11.2. The summed E-state index contributed by atoms with van der Waals surface area (Å²) < 4.78 is 18.0. The number of carbonyl (C=O) groups is 1. The number of nitrogens with zero attached hydrogens (tertiary/aromatic N) is 1. The molecule has 1 rings (SSSR count). The highest BCUT2D eigenvalue weighted by Gasteiger charge is 2.21. The van der Waals surface area contributed by atoms with E-state index in [1.807, 2.05) is 0 Å². The SMILES string of the molecule is CC(C)(C)OC(=O)c1ccnc(F)c1N. The molecule has 1 aromatic heterocycles. The molecule has 0 amide bonds. The third kappa shape index (κ3) is 2.90. The van der Waals surface area contributed by atoms with Gasteiger partial charge in [-0.1, -0.05) is 0 Å². The first-order valence-electron chi connectivity index (χ1n) is 4.44. The highest BCUT2D eigenvalue weighted by atomic mass is 19.1. The summed E-state index contributed by atoms with van der Waals surface area (Å²) in [6, 6.07) is 1.33. The molecule has 2 N–H and O–H groups in total. The standard InChI is InChI=1S/C10H13FN2O2/c1-10(2,3)15-9(14)6-4-5-13-8(11)7(6)12/h4-5H,12H2,1-3H3. The maximum atomic E-state index is 12.9. The van der Waals surface area contributed by atoms with Gasteiger partial charge in [-0.3, -0.25) is 0 Å². The van der Waals surface area contributed by atoms with E-state index in [1.165, 1.54) is 12.3 Å². The molecule has 0 saturated carbocycles. The number of ether oxygens (including phenoxy) is 1. The van der Waals surface area contributed by atoms with Crippen LogP contribution in [-0.4, -0.2) is 16.6 Å². The molecular formula is C10H13FN2O2. The minimum absolute atomic E-state index is 0.00238. The molecule has 0 radical (unpaired) electrons. The van der Waals surface area contributed by atoms with Gasteiger partial charge in [0, 0.05) is 6.20 Å². The summed E-state index contributed by atoms with van der Waals surface area (Å²) in [5.41, 5.74) is 4.44. The lowest BCUT2D eigenvalue weighted by Crippen LogP contribution is -2.24. The van der Waals surface area contributed by atoms with E-state index >= 15 is 0 Å². The monoisotopic (exact) mass is 212 g/mol. The van der Waals surface area contributed by atoms with Gasteiger partial charge in [-0.2, -0.15) is 4.39 Å². The van der Waals surface area contributed by atoms with Crippen LogP contribution in [0.1, 0.15) is 31.1 Å². The number of pyridine rings is 1. The van der Waals surface area contributed by atoms with Gasteiger partial charge in [0.15, 0.2) is 0 Å². The first-order chi connectivity index (χ1) is 6.81. The average molecular weight is 212 g/mol. The van der Waals surface area contributed by atoms with E-state index in [2.05, 4.69) is 4.98 Å². The Hall–Kier alpha value is -1.65. The number of hydrogen-bond acceptors (Lipinski definition) is 4. The fourth-order valence-corrected chi connectivity index (χ4v) is 0.959. The second-order valence-corrected chi connectivity index (χ2v) is 4.06. The molecule has 0 unspecified atom stereocenters. The fourth-order valence-electron chi connectivity index (χ4n) is 0.959. The second kappa shape index (κ2) is 3.84. The molecule has 1 heterocycles. The lowest BCUT2D eigenvalue weighted by Gasteiger charge is -2.19. The van der Waals surface area contributed by atoms with Crippen LogP contribution in [0.15, 0.2) is 12.3 Å². The maximum Gasteiger partial charge on any atom is 0.340 e. The largest absolute Gasteiger partial charge is 0.456 e. The zero-order valence-corrected chi connectivity index (χ0v) is 8.87. The number of hydrogen-bond donors (Lipinski definition) is 1. The zero-order valence-electron chi connectivity index (χ0n) is 8.87. The van der Waals surface area contributed by atoms with E-state index in [0.29, 0.717) is 0 Å². The van der Waals surface area contributed by atoms with Crippen molar-refractivity contribution >= 4 is 11.7 Å². The summed E-state index contributed by atoms with van der Waals surface area (Å²) in [7, 11) is 0. The average Bonchev–Trinajstić information content (AvgIpc) is 2.06. The van der Waals surface area contributed by atoms with Crippen LogP contribution >= 0.6 is 0 Å². The molecule has 5 heteroatoms. The lowest BCUT2D eigenvalue weighted by molar-refractivity contribution is 0.00702. The molecule has 0 fully saturated rings. The van der Waals surface area contributed by atoms with E-state index in [1.54, 1.807) is 20.8 Å². The van der Waals surface area contributed by atoms with Crippen LogP contribution in [0.25, 0.3) is 0 Å². The summed E-state index contributed by atoms with van der Waals surface area (Å²) in [4.78, 5) is 14.9. The molecule has 0 aromatic carbocycles. The number of rotatable bonds is 1. The van der Waals surface area contributed by atoms with Gasteiger partial charge in [-0.15, -0.1) is 0 Å². The number of esters is 1. The molecule has 4 nitrogen and oxygen atoms in total. The lowest BCUT2D eigenvalue weighted by atomic mass is 10.1. The van der Waals surface area contributed by atoms with Gasteiger partial charge in [0.25, 0.3) is 0 Å². The third-order valence-corrected chi connectivity index (χ3v) is 1.56. The van der Waals surface area contributed by atoms with Crippen molar-refractivity contribution in [3.05, 3.63) is 23.8 Å². The number of nitrogens with two attached hydrogens (primary N) is 1. The van der Waals surface area contributed by atoms with Crippen molar-refractivity contribution in [3.63, 3.8) is 0 Å². The Labute approximate surface area is 87.3 Å². The highest BCUT2D eigenvalue weighted by molar-refractivity contribution is 5.95. The van der Waals surface area contributed by atoms with Gasteiger partial charge in [0.2, 0.25) is 5.95 Å². The maximum absolute atomic E-state index is 12.9. The Bertz CT molecular complexity index is 385. The van der Waals surface area contributed by atoms with Crippen molar-refractivity contribution < 1.29 is 13.9 Å². The summed E-state index contributed by atoms with van der Waals surface area (Å²) in [5, 5.41) is 0. The van der Waals surface area contributed by atoms with Crippen LogP contribution in [0, 0.1) is 5.95 Å². The Morgan fingerprint density at radius 1 is 1.53 bits per heavy atom. The van der Waals surface area contributed by atoms with Gasteiger partial charge >= 0.3 is 5.97 Å². The third-order valence-electron chi connectivity index (χ3n) is 1.56. The molecule has 0 spiro atoms. The molecule has 1 aromatic rings. The van der Waals surface area contributed by atoms with Crippen LogP contribution < -0.4 is 5.73 Å². The van der Waals surface area contributed by atoms with Crippen molar-refractivity contribution in [1.29, 1.82) is 0 Å². The Morgan fingerprint density at radius 3 is 2.67 bits per heavy atom. The summed E-state index contributed by atoms with van der Waals surface area (Å²) >= 11 is 0. The van der Waals surface area contributed by atoms with Crippen LogP contribution in [0.4, 0.5) is 10.1 Å². The van der Waals surface area contributed by atoms with Gasteiger partial charge in [-0.05, 0) is 26.8 Å². The molecule has 0 bridgehead atoms. The summed E-state index contributed by atoms with van der Waals surface area (Å²) in [6.45, 7) is 5.16. The van der Waals surface area contributed by atoms with Crippen molar-refractivity contribution in [2.24, 2.45) is 0 Å². The molecule has 0 atom stereocenters. The molecule has 0 aliphatic carbocycles. The molecule has 15 heavy (non-hydrogen) atoms. The minimum Gasteiger partial charge on any atom is -0.456 e. The number of anilines is 1. The van der Waals surface area contributed by atoms with Crippen molar-refractivity contribution in [3.8, 4) is 0 Å². The Balaban J connectivity index is 2.97. The first-order valence-corrected chi connectivity index (χ1v) is 4.44. The number of halogens is 1. The van der Waals surface area contributed by atoms with E-state index in [9.17, 15) is 9.18 Å². The van der Waals surface area contributed by atoms with E-state index in [4.69, 9.17) is 10.5 Å². The van der Waals surface area contributed by atoms with E-state index in [-0.39, 0.29) is 11.3 Å².